The van der Waals surface area contributed by atoms with Crippen LogP contribution in [-0.2, 0) is 4.74 Å². The summed E-state index contributed by atoms with van der Waals surface area (Å²) in [5.74, 6) is -0.115. The van der Waals surface area contributed by atoms with Crippen molar-refractivity contribution < 1.29 is 18.7 Å². The van der Waals surface area contributed by atoms with Crippen molar-refractivity contribution in [2.45, 2.75) is 32.7 Å². The molecule has 0 bridgehead atoms. The lowest BCUT2D eigenvalue weighted by atomic mass is 10.1. The largest absolute Gasteiger partial charge is 0.477 e. The van der Waals surface area contributed by atoms with Crippen LogP contribution < -0.4 is 20.7 Å². The molecule has 0 fully saturated rings. The molecule has 5 rings (SSSR count). The predicted molar refractivity (Wildman–Crippen MR) is 139 cm³/mol. The van der Waals surface area contributed by atoms with Gasteiger partial charge in [0.1, 0.15) is 10.7 Å². The quantitative estimate of drug-likeness (QED) is 0.216. The molecule has 1 aliphatic rings. The Morgan fingerprint density at radius 1 is 1.17 bits per heavy atom. The number of anilines is 3. The number of carbonyl (C=O) groups is 1. The molecule has 0 spiro atoms. The van der Waals surface area contributed by atoms with Crippen LogP contribution in [0.15, 0.2) is 30.3 Å². The van der Waals surface area contributed by atoms with E-state index >= 15 is 0 Å². The summed E-state index contributed by atoms with van der Waals surface area (Å²) in [6.45, 7) is 6.30. The molecule has 9 nitrogen and oxygen atoms in total. The van der Waals surface area contributed by atoms with Gasteiger partial charge in [-0.1, -0.05) is 6.92 Å². The van der Waals surface area contributed by atoms with Gasteiger partial charge >= 0.3 is 0 Å². The van der Waals surface area contributed by atoms with Gasteiger partial charge < -0.3 is 25.4 Å². The number of carbonyl (C=O) groups excluding carboxylic acids is 1. The first-order valence-corrected chi connectivity index (χ1v) is 12.8. The zero-order valence-corrected chi connectivity index (χ0v) is 20.9. The van der Waals surface area contributed by atoms with Crippen molar-refractivity contribution >= 4 is 55.7 Å². The van der Waals surface area contributed by atoms with Crippen LogP contribution in [0.4, 0.5) is 21.8 Å². The Kier molecular flexibility index (Phi) is 7.10. The fourth-order valence-corrected chi connectivity index (χ4v) is 5.12. The molecule has 1 amide bonds. The van der Waals surface area contributed by atoms with E-state index in [1.54, 1.807) is 6.07 Å². The van der Waals surface area contributed by atoms with Crippen molar-refractivity contribution in [3.63, 3.8) is 0 Å². The van der Waals surface area contributed by atoms with Gasteiger partial charge in [0.2, 0.25) is 17.8 Å². The summed E-state index contributed by atoms with van der Waals surface area (Å²) in [7, 11) is 0. The minimum atomic E-state index is -0.702. The number of amides is 1. The van der Waals surface area contributed by atoms with Gasteiger partial charge in [0.15, 0.2) is 0 Å². The third-order valence-corrected chi connectivity index (χ3v) is 6.79. The summed E-state index contributed by atoms with van der Waals surface area (Å²) < 4.78 is 26.1. The molecule has 188 valence electrons. The first-order valence-electron chi connectivity index (χ1n) is 11.9. The van der Waals surface area contributed by atoms with Crippen LogP contribution in [-0.4, -0.2) is 53.3 Å². The maximum atomic E-state index is 14.1. The Hall–Kier alpha value is -3.57. The minimum absolute atomic E-state index is 0.0329. The second kappa shape index (κ2) is 10.6. The lowest BCUT2D eigenvalue weighted by Gasteiger charge is -2.11. The number of nitrogens with zero attached hydrogens (tertiary/aromatic N) is 3. The maximum Gasteiger partial charge on any atom is 0.263 e. The number of ether oxygens (including phenoxy) is 2. The molecular weight excluding hydrogens is 483 g/mol. The lowest BCUT2D eigenvalue weighted by molar-refractivity contribution is 0.0949. The van der Waals surface area contributed by atoms with E-state index in [0.717, 1.165) is 39.2 Å². The zero-order valence-electron chi connectivity index (χ0n) is 20.1. The standard InChI is InChI=1S/C25H27FN6O3S/c1-3-9-34-10-4-11-35-20-12-18(26)30-25(32-20)31-19-8-5-15-16(29-19)6-7-17-21(15)22-23(36-17)24(33)28-14(2)13-27-22/h5-8,12,14,27H,3-4,9-11,13H2,1-2H3,(H,28,33)(H,29,30,31,32)/t14-/m1/s1. The monoisotopic (exact) mass is 510 g/mol. The van der Waals surface area contributed by atoms with Crippen molar-refractivity contribution in [1.82, 2.24) is 20.3 Å². The van der Waals surface area contributed by atoms with Gasteiger partial charge in [0, 0.05) is 47.7 Å². The molecule has 4 aromatic rings. The van der Waals surface area contributed by atoms with Gasteiger partial charge in [-0.3, -0.25) is 4.79 Å². The van der Waals surface area contributed by atoms with E-state index < -0.39 is 5.95 Å². The van der Waals surface area contributed by atoms with Crippen LogP contribution in [0, 0.1) is 5.95 Å². The number of rotatable bonds is 9. The third kappa shape index (κ3) is 5.17. The summed E-state index contributed by atoms with van der Waals surface area (Å²) in [5, 5.41) is 11.3. The highest BCUT2D eigenvalue weighted by molar-refractivity contribution is 7.21. The van der Waals surface area contributed by atoms with E-state index in [1.807, 2.05) is 32.0 Å². The lowest BCUT2D eigenvalue weighted by Crippen LogP contribution is -2.34. The van der Waals surface area contributed by atoms with Crippen LogP contribution >= 0.6 is 11.3 Å². The predicted octanol–water partition coefficient (Wildman–Crippen LogP) is 4.86. The molecule has 1 atom stereocenters. The molecule has 0 saturated carbocycles. The van der Waals surface area contributed by atoms with E-state index in [0.29, 0.717) is 43.5 Å². The number of halogens is 1. The molecule has 36 heavy (non-hydrogen) atoms. The number of aromatic nitrogens is 3. The number of pyridine rings is 1. The van der Waals surface area contributed by atoms with Crippen molar-refractivity contribution in [3.8, 4) is 5.88 Å². The van der Waals surface area contributed by atoms with Crippen LogP contribution in [0.1, 0.15) is 36.4 Å². The van der Waals surface area contributed by atoms with E-state index in [4.69, 9.17) is 9.47 Å². The molecule has 0 radical (unpaired) electrons. The Morgan fingerprint density at radius 3 is 2.92 bits per heavy atom. The summed E-state index contributed by atoms with van der Waals surface area (Å²) in [4.78, 5) is 26.0. The number of hydrogen-bond donors (Lipinski definition) is 3. The molecule has 1 aliphatic heterocycles. The fraction of sp³-hybridized carbons (Fsp3) is 0.360. The van der Waals surface area contributed by atoms with Gasteiger partial charge in [-0.25, -0.2) is 4.98 Å². The Bertz CT molecular complexity index is 1410. The molecular formula is C25H27FN6O3S. The number of thiophene rings is 1. The second-order valence-electron chi connectivity index (χ2n) is 8.56. The summed E-state index contributed by atoms with van der Waals surface area (Å²) in [6, 6.07) is 8.76. The summed E-state index contributed by atoms with van der Waals surface area (Å²) in [5.41, 5.74) is 1.56. The van der Waals surface area contributed by atoms with Crippen molar-refractivity contribution in [3.05, 3.63) is 41.2 Å². The number of nitrogens with one attached hydrogen (secondary N) is 3. The average molecular weight is 511 g/mol. The SMILES string of the molecule is CCCOCCCOc1cc(F)nc(Nc2ccc3c(ccc4sc5c(c43)NC[C@@H](C)NC5=O)n2)n1. The van der Waals surface area contributed by atoms with Gasteiger partial charge in [0.05, 0.1) is 23.9 Å². The molecule has 11 heteroatoms. The average Bonchev–Trinajstić information content (AvgIpc) is 3.17. The van der Waals surface area contributed by atoms with E-state index in [-0.39, 0.29) is 23.8 Å². The Balaban J connectivity index is 1.37. The Labute approximate surface area is 211 Å². The smallest absolute Gasteiger partial charge is 0.263 e. The summed E-state index contributed by atoms with van der Waals surface area (Å²) >= 11 is 1.46. The number of benzene rings is 1. The van der Waals surface area contributed by atoms with Gasteiger partial charge in [0.25, 0.3) is 5.91 Å². The molecule has 1 aromatic carbocycles. The normalized spacial score (nSPS) is 15.3. The highest BCUT2D eigenvalue weighted by atomic mass is 32.1. The summed E-state index contributed by atoms with van der Waals surface area (Å²) in [6.07, 6.45) is 1.64. The van der Waals surface area contributed by atoms with Crippen molar-refractivity contribution in [1.29, 1.82) is 0 Å². The fourth-order valence-electron chi connectivity index (χ4n) is 4.02. The van der Waals surface area contributed by atoms with E-state index in [1.165, 1.54) is 11.3 Å². The van der Waals surface area contributed by atoms with Gasteiger partial charge in [-0.05, 0) is 37.6 Å². The van der Waals surface area contributed by atoms with Gasteiger partial charge in [-0.2, -0.15) is 14.4 Å². The molecule has 0 saturated heterocycles. The van der Waals surface area contributed by atoms with Crippen LogP contribution in [0.5, 0.6) is 5.88 Å². The Morgan fingerprint density at radius 2 is 2.06 bits per heavy atom. The van der Waals surface area contributed by atoms with Gasteiger partial charge in [-0.15, -0.1) is 11.3 Å². The number of fused-ring (bicyclic) bond motifs is 5. The van der Waals surface area contributed by atoms with Crippen molar-refractivity contribution in [2.75, 3.05) is 37.0 Å². The van der Waals surface area contributed by atoms with E-state index in [2.05, 4.69) is 30.9 Å². The number of hydrogen-bond acceptors (Lipinski definition) is 9. The van der Waals surface area contributed by atoms with Crippen LogP contribution in [0.25, 0.3) is 21.0 Å². The molecule has 3 N–H and O–H groups in total. The minimum Gasteiger partial charge on any atom is -0.477 e. The van der Waals surface area contributed by atoms with E-state index in [9.17, 15) is 9.18 Å². The second-order valence-corrected chi connectivity index (χ2v) is 9.61. The molecule has 0 aliphatic carbocycles. The van der Waals surface area contributed by atoms with Crippen molar-refractivity contribution in [2.24, 2.45) is 0 Å². The third-order valence-electron chi connectivity index (χ3n) is 5.63. The highest BCUT2D eigenvalue weighted by Crippen LogP contribution is 2.41. The van der Waals surface area contributed by atoms with Crippen LogP contribution in [0.2, 0.25) is 0 Å². The maximum absolute atomic E-state index is 14.1. The molecule has 3 aromatic heterocycles. The molecule has 4 heterocycles. The zero-order chi connectivity index (χ0) is 25.1. The first-order chi connectivity index (χ1) is 17.5. The topological polar surface area (TPSA) is 110 Å². The molecule has 0 unspecified atom stereocenters. The van der Waals surface area contributed by atoms with Crippen LogP contribution in [0.3, 0.4) is 0 Å². The highest BCUT2D eigenvalue weighted by Gasteiger charge is 2.24. The first kappa shape index (κ1) is 24.1.